The minimum Gasteiger partial charge on any atom is -0.466 e. The molecule has 1 heterocycles. The molecule has 0 saturated carbocycles. The van der Waals surface area contributed by atoms with Crippen LogP contribution in [0.5, 0.6) is 0 Å². The van der Waals surface area contributed by atoms with E-state index >= 15 is 0 Å². The van der Waals surface area contributed by atoms with E-state index in [0.29, 0.717) is 17.1 Å². The second kappa shape index (κ2) is 4.60. The molecule has 0 unspecified atom stereocenters. The van der Waals surface area contributed by atoms with Gasteiger partial charge < -0.3 is 9.73 Å². The fourth-order valence-corrected chi connectivity index (χ4v) is 1.64. The highest BCUT2D eigenvalue weighted by molar-refractivity contribution is 6.05. The normalized spacial score (nSPS) is 10.4. The van der Waals surface area contributed by atoms with Crippen molar-refractivity contribution < 1.29 is 18.0 Å². The Kier molecular flexibility index (Phi) is 3.14. The second-order valence-corrected chi connectivity index (χ2v) is 3.91. The van der Waals surface area contributed by atoms with Crippen molar-refractivity contribution in [1.82, 2.24) is 0 Å². The number of anilines is 1. The second-order valence-electron chi connectivity index (χ2n) is 3.91. The Bertz CT molecular complexity index is 605. The number of carbonyl (C=O) groups excluding carboxylic acids is 1. The van der Waals surface area contributed by atoms with Crippen LogP contribution in [0.1, 0.15) is 21.9 Å². The van der Waals surface area contributed by atoms with Crippen molar-refractivity contribution in [1.29, 1.82) is 0 Å². The van der Waals surface area contributed by atoms with E-state index in [-0.39, 0.29) is 5.69 Å². The molecule has 0 radical (unpaired) electrons. The molecule has 18 heavy (non-hydrogen) atoms. The standard InChI is InChI=1S/C13H11F2NO2/c1-7-5-10(8(2)18-7)13(17)16-12-6-9(14)3-4-11(12)15/h3-6H,1-2H3,(H,16,17). The number of benzene rings is 1. The van der Waals surface area contributed by atoms with Crippen LogP contribution in [0, 0.1) is 25.5 Å². The van der Waals surface area contributed by atoms with Crippen molar-refractivity contribution in [3.63, 3.8) is 0 Å². The van der Waals surface area contributed by atoms with Crippen LogP contribution in [0.25, 0.3) is 0 Å². The van der Waals surface area contributed by atoms with Gasteiger partial charge in [0.15, 0.2) is 0 Å². The summed E-state index contributed by atoms with van der Waals surface area (Å²) in [5.41, 5.74) is 0.106. The number of halogens is 2. The molecule has 0 saturated heterocycles. The third-order valence-electron chi connectivity index (χ3n) is 2.46. The van der Waals surface area contributed by atoms with E-state index in [1.807, 2.05) is 0 Å². The molecule has 1 aromatic heterocycles. The van der Waals surface area contributed by atoms with Gasteiger partial charge in [-0.2, -0.15) is 0 Å². The third kappa shape index (κ3) is 2.40. The molecule has 2 aromatic rings. The fourth-order valence-electron chi connectivity index (χ4n) is 1.64. The molecule has 0 atom stereocenters. The van der Waals surface area contributed by atoms with E-state index in [1.54, 1.807) is 19.9 Å². The van der Waals surface area contributed by atoms with Crippen LogP contribution in [-0.2, 0) is 0 Å². The van der Waals surface area contributed by atoms with E-state index in [0.717, 1.165) is 18.2 Å². The SMILES string of the molecule is Cc1cc(C(=O)Nc2cc(F)ccc2F)c(C)o1. The van der Waals surface area contributed by atoms with Crippen molar-refractivity contribution in [3.8, 4) is 0 Å². The van der Waals surface area contributed by atoms with Gasteiger partial charge in [-0.15, -0.1) is 0 Å². The van der Waals surface area contributed by atoms with E-state index in [4.69, 9.17) is 4.42 Å². The Morgan fingerprint density at radius 3 is 2.56 bits per heavy atom. The maximum atomic E-state index is 13.3. The number of amides is 1. The Morgan fingerprint density at radius 1 is 1.22 bits per heavy atom. The first-order valence-corrected chi connectivity index (χ1v) is 5.31. The van der Waals surface area contributed by atoms with Gasteiger partial charge >= 0.3 is 0 Å². The fraction of sp³-hybridized carbons (Fsp3) is 0.154. The molecule has 1 aromatic carbocycles. The van der Waals surface area contributed by atoms with Gasteiger partial charge in [-0.1, -0.05) is 0 Å². The van der Waals surface area contributed by atoms with Crippen LogP contribution in [0.3, 0.4) is 0 Å². The number of carbonyl (C=O) groups is 1. The first-order valence-electron chi connectivity index (χ1n) is 5.31. The van der Waals surface area contributed by atoms with Gasteiger partial charge in [-0.25, -0.2) is 8.78 Å². The number of hydrogen-bond donors (Lipinski definition) is 1. The zero-order valence-corrected chi connectivity index (χ0v) is 9.88. The lowest BCUT2D eigenvalue weighted by Gasteiger charge is -2.05. The molecule has 0 aliphatic rings. The molecule has 1 N–H and O–H groups in total. The molecule has 5 heteroatoms. The highest BCUT2D eigenvalue weighted by Gasteiger charge is 2.15. The van der Waals surface area contributed by atoms with E-state index in [9.17, 15) is 13.6 Å². The predicted molar refractivity (Wildman–Crippen MR) is 62.5 cm³/mol. The summed E-state index contributed by atoms with van der Waals surface area (Å²) in [7, 11) is 0. The van der Waals surface area contributed by atoms with Gasteiger partial charge in [-0.3, -0.25) is 4.79 Å². The summed E-state index contributed by atoms with van der Waals surface area (Å²) in [5.74, 6) is -0.831. The summed E-state index contributed by atoms with van der Waals surface area (Å²) in [4.78, 5) is 11.9. The molecule has 0 aliphatic carbocycles. The van der Waals surface area contributed by atoms with Crippen molar-refractivity contribution in [2.75, 3.05) is 5.32 Å². The molecule has 1 amide bonds. The molecule has 3 nitrogen and oxygen atoms in total. The zero-order valence-electron chi connectivity index (χ0n) is 9.88. The number of furan rings is 1. The summed E-state index contributed by atoms with van der Waals surface area (Å²) in [5, 5.41) is 2.31. The average molecular weight is 251 g/mol. The van der Waals surface area contributed by atoms with Gasteiger partial charge in [-0.05, 0) is 32.0 Å². The van der Waals surface area contributed by atoms with E-state index in [1.165, 1.54) is 0 Å². The molecule has 0 spiro atoms. The van der Waals surface area contributed by atoms with Crippen molar-refractivity contribution in [3.05, 3.63) is 53.0 Å². The van der Waals surface area contributed by atoms with E-state index in [2.05, 4.69) is 5.32 Å². The molecule has 0 fully saturated rings. The Hall–Kier alpha value is -2.17. The Labute approximate surface area is 102 Å². The topological polar surface area (TPSA) is 42.2 Å². The van der Waals surface area contributed by atoms with Crippen molar-refractivity contribution in [2.45, 2.75) is 13.8 Å². The minimum absolute atomic E-state index is 0.196. The first kappa shape index (κ1) is 12.3. The van der Waals surface area contributed by atoms with Crippen LogP contribution < -0.4 is 5.32 Å². The number of aryl methyl sites for hydroxylation is 2. The summed E-state index contributed by atoms with van der Waals surface area (Å²) >= 11 is 0. The average Bonchev–Trinajstić information content (AvgIpc) is 2.63. The molecule has 94 valence electrons. The van der Waals surface area contributed by atoms with Crippen LogP contribution >= 0.6 is 0 Å². The molecule has 0 aliphatic heterocycles. The quantitative estimate of drug-likeness (QED) is 0.888. The zero-order chi connectivity index (χ0) is 13.3. The largest absolute Gasteiger partial charge is 0.466 e. The van der Waals surface area contributed by atoms with Crippen LogP contribution in [0.2, 0.25) is 0 Å². The number of rotatable bonds is 2. The van der Waals surface area contributed by atoms with Crippen LogP contribution in [0.15, 0.2) is 28.7 Å². The minimum atomic E-state index is -0.692. The Balaban J connectivity index is 2.26. The highest BCUT2D eigenvalue weighted by atomic mass is 19.1. The number of nitrogens with one attached hydrogen (secondary N) is 1. The third-order valence-corrected chi connectivity index (χ3v) is 2.46. The molecular formula is C13H11F2NO2. The summed E-state index contributed by atoms with van der Waals surface area (Å²) in [6.45, 7) is 3.33. The number of hydrogen-bond acceptors (Lipinski definition) is 2. The van der Waals surface area contributed by atoms with Gasteiger partial charge in [0, 0.05) is 6.07 Å². The maximum absolute atomic E-state index is 13.3. The molecule has 0 bridgehead atoms. The first-order chi connectivity index (χ1) is 8.47. The van der Waals surface area contributed by atoms with Crippen molar-refractivity contribution >= 4 is 11.6 Å². The predicted octanol–water partition coefficient (Wildman–Crippen LogP) is 3.43. The van der Waals surface area contributed by atoms with Gasteiger partial charge in [0.2, 0.25) is 0 Å². The molecule has 2 rings (SSSR count). The van der Waals surface area contributed by atoms with Gasteiger partial charge in [0.25, 0.3) is 5.91 Å². The lowest BCUT2D eigenvalue weighted by Crippen LogP contribution is -2.13. The molecular weight excluding hydrogens is 240 g/mol. The maximum Gasteiger partial charge on any atom is 0.259 e. The van der Waals surface area contributed by atoms with Crippen molar-refractivity contribution in [2.24, 2.45) is 0 Å². The lowest BCUT2D eigenvalue weighted by molar-refractivity contribution is 0.102. The monoisotopic (exact) mass is 251 g/mol. The lowest BCUT2D eigenvalue weighted by atomic mass is 10.2. The van der Waals surface area contributed by atoms with Crippen LogP contribution in [-0.4, -0.2) is 5.91 Å². The van der Waals surface area contributed by atoms with Crippen LogP contribution in [0.4, 0.5) is 14.5 Å². The smallest absolute Gasteiger partial charge is 0.259 e. The summed E-state index contributed by atoms with van der Waals surface area (Å²) in [6.07, 6.45) is 0. The van der Waals surface area contributed by atoms with Gasteiger partial charge in [0.05, 0.1) is 11.3 Å². The summed E-state index contributed by atoms with van der Waals surface area (Å²) < 4.78 is 31.5. The Morgan fingerprint density at radius 2 is 1.94 bits per heavy atom. The van der Waals surface area contributed by atoms with E-state index < -0.39 is 17.5 Å². The van der Waals surface area contributed by atoms with Gasteiger partial charge in [0.1, 0.15) is 23.2 Å². The summed E-state index contributed by atoms with van der Waals surface area (Å²) in [6, 6.07) is 4.41. The highest BCUT2D eigenvalue weighted by Crippen LogP contribution is 2.19.